The highest BCUT2D eigenvalue weighted by atomic mass is 35.5. The predicted molar refractivity (Wildman–Crippen MR) is 36.1 cm³/mol. The molecule has 60 valence electrons. The van der Waals surface area contributed by atoms with Gasteiger partial charge < -0.3 is 0 Å². The van der Waals surface area contributed by atoms with Gasteiger partial charge in [-0.25, -0.2) is 4.39 Å². The Balaban J connectivity index is 2.99. The van der Waals surface area contributed by atoms with Gasteiger partial charge in [0.05, 0.1) is 0 Å². The van der Waals surface area contributed by atoms with E-state index in [1.54, 1.807) is 0 Å². The van der Waals surface area contributed by atoms with Crippen molar-refractivity contribution < 1.29 is 13.2 Å². The second kappa shape index (κ2) is 2.74. The predicted octanol–water partition coefficient (Wildman–Crippen LogP) is 3.11. The van der Waals surface area contributed by atoms with Crippen LogP contribution in [0.5, 0.6) is 0 Å². The molecule has 4 heteroatoms. The van der Waals surface area contributed by atoms with Crippen LogP contribution < -0.4 is 0 Å². The van der Waals surface area contributed by atoms with Crippen LogP contribution in [-0.4, -0.2) is 0 Å². The molecule has 0 heterocycles. The summed E-state index contributed by atoms with van der Waals surface area (Å²) in [7, 11) is 0. The van der Waals surface area contributed by atoms with E-state index in [4.69, 9.17) is 0 Å². The normalized spacial score (nSPS) is 11.6. The number of halogens is 4. The van der Waals surface area contributed by atoms with Crippen molar-refractivity contribution in [3.05, 3.63) is 35.6 Å². The van der Waals surface area contributed by atoms with Crippen LogP contribution >= 0.6 is 11.6 Å². The summed E-state index contributed by atoms with van der Waals surface area (Å²) in [4.78, 5) is 0. The summed E-state index contributed by atoms with van der Waals surface area (Å²) in [5.41, 5.74) is -0.402. The standard InChI is InChI=1S/C7H4ClF3/c8-7(10,11)5-1-3-6(9)4-2-5/h1-4H. The molecule has 0 atom stereocenters. The van der Waals surface area contributed by atoms with Crippen LogP contribution in [0.3, 0.4) is 0 Å². The summed E-state index contributed by atoms with van der Waals surface area (Å²) in [6.07, 6.45) is 0. The van der Waals surface area contributed by atoms with Gasteiger partial charge in [-0.3, -0.25) is 0 Å². The quantitative estimate of drug-likeness (QED) is 0.583. The molecule has 0 nitrogen and oxygen atoms in total. The van der Waals surface area contributed by atoms with E-state index < -0.39 is 16.8 Å². The molecule has 0 amide bonds. The number of rotatable bonds is 1. The number of hydrogen-bond acceptors (Lipinski definition) is 0. The van der Waals surface area contributed by atoms with Crippen molar-refractivity contribution in [2.45, 2.75) is 5.38 Å². The van der Waals surface area contributed by atoms with Gasteiger partial charge in [0.15, 0.2) is 0 Å². The maximum absolute atomic E-state index is 12.2. The molecule has 1 aromatic carbocycles. The first-order chi connectivity index (χ1) is 5.00. The Bertz CT molecular complexity index is 237. The second-order valence-electron chi connectivity index (χ2n) is 2.00. The van der Waals surface area contributed by atoms with Gasteiger partial charge in [0, 0.05) is 5.56 Å². The molecule has 1 rings (SSSR count). The third-order valence-electron chi connectivity index (χ3n) is 1.17. The molecule has 0 radical (unpaired) electrons. The molecule has 0 spiro atoms. The Morgan fingerprint density at radius 1 is 1.09 bits per heavy atom. The van der Waals surface area contributed by atoms with Gasteiger partial charge in [-0.1, -0.05) is 0 Å². The second-order valence-corrected chi connectivity index (χ2v) is 2.48. The third kappa shape index (κ3) is 2.12. The van der Waals surface area contributed by atoms with E-state index in [1.807, 2.05) is 0 Å². The van der Waals surface area contributed by atoms with Crippen LogP contribution in [0, 0.1) is 5.82 Å². The third-order valence-corrected chi connectivity index (χ3v) is 1.39. The van der Waals surface area contributed by atoms with Crippen molar-refractivity contribution in [1.82, 2.24) is 0 Å². The molecule has 0 aromatic heterocycles. The van der Waals surface area contributed by atoms with E-state index in [1.165, 1.54) is 0 Å². The number of alkyl halides is 3. The first-order valence-corrected chi connectivity index (χ1v) is 3.21. The van der Waals surface area contributed by atoms with E-state index in [2.05, 4.69) is 11.6 Å². The fourth-order valence-corrected chi connectivity index (χ4v) is 0.765. The maximum atomic E-state index is 12.2. The Morgan fingerprint density at radius 3 is 1.91 bits per heavy atom. The fraction of sp³-hybridized carbons (Fsp3) is 0.143. The molecule has 0 saturated heterocycles. The van der Waals surface area contributed by atoms with E-state index in [-0.39, 0.29) is 0 Å². The van der Waals surface area contributed by atoms with Crippen LogP contribution in [0.1, 0.15) is 5.56 Å². The Morgan fingerprint density at radius 2 is 1.55 bits per heavy atom. The summed E-state index contributed by atoms with van der Waals surface area (Å²) in [6.45, 7) is 0. The van der Waals surface area contributed by atoms with E-state index in [0.717, 1.165) is 24.3 Å². The van der Waals surface area contributed by atoms with E-state index >= 15 is 0 Å². The van der Waals surface area contributed by atoms with Gasteiger partial charge in [0.25, 0.3) is 0 Å². The first kappa shape index (κ1) is 8.40. The molecule has 11 heavy (non-hydrogen) atoms. The lowest BCUT2D eigenvalue weighted by molar-refractivity contribution is 0.0950. The van der Waals surface area contributed by atoms with E-state index in [9.17, 15) is 13.2 Å². The largest absolute Gasteiger partial charge is 0.348 e. The molecule has 0 N–H and O–H groups in total. The van der Waals surface area contributed by atoms with Crippen molar-refractivity contribution in [3.63, 3.8) is 0 Å². The maximum Gasteiger partial charge on any atom is 0.348 e. The lowest BCUT2D eigenvalue weighted by atomic mass is 10.2. The molecular formula is C7H4ClF3. The summed E-state index contributed by atoms with van der Waals surface area (Å²) in [5.74, 6) is -0.560. The highest BCUT2D eigenvalue weighted by Crippen LogP contribution is 2.31. The summed E-state index contributed by atoms with van der Waals surface area (Å²) in [5, 5.41) is -3.41. The minimum atomic E-state index is -3.41. The average molecular weight is 181 g/mol. The fourth-order valence-electron chi connectivity index (χ4n) is 0.639. The Kier molecular flexibility index (Phi) is 2.09. The van der Waals surface area contributed by atoms with Gasteiger partial charge in [0.1, 0.15) is 5.82 Å². The van der Waals surface area contributed by atoms with Crippen LogP contribution in [0.4, 0.5) is 13.2 Å². The zero-order valence-electron chi connectivity index (χ0n) is 5.32. The summed E-state index contributed by atoms with van der Waals surface area (Å²) >= 11 is 4.66. The molecule has 0 aliphatic rings. The van der Waals surface area contributed by atoms with Crippen LogP contribution in [0.2, 0.25) is 0 Å². The average Bonchev–Trinajstić information content (AvgIpc) is 1.86. The molecular weight excluding hydrogens is 177 g/mol. The van der Waals surface area contributed by atoms with Gasteiger partial charge in [0.2, 0.25) is 0 Å². The van der Waals surface area contributed by atoms with Crippen molar-refractivity contribution in [1.29, 1.82) is 0 Å². The van der Waals surface area contributed by atoms with Crippen molar-refractivity contribution in [3.8, 4) is 0 Å². The molecule has 0 fully saturated rings. The number of hydrogen-bond donors (Lipinski definition) is 0. The van der Waals surface area contributed by atoms with Crippen LogP contribution in [0.15, 0.2) is 24.3 Å². The minimum Gasteiger partial charge on any atom is -0.207 e. The topological polar surface area (TPSA) is 0 Å². The van der Waals surface area contributed by atoms with Gasteiger partial charge >= 0.3 is 5.38 Å². The summed E-state index contributed by atoms with van der Waals surface area (Å²) < 4.78 is 36.6. The van der Waals surface area contributed by atoms with Gasteiger partial charge in [-0.15, -0.1) is 0 Å². The molecule has 0 unspecified atom stereocenters. The molecule has 0 aliphatic carbocycles. The van der Waals surface area contributed by atoms with E-state index in [0.29, 0.717) is 0 Å². The van der Waals surface area contributed by atoms with Crippen molar-refractivity contribution in [2.75, 3.05) is 0 Å². The molecule has 0 bridgehead atoms. The lowest BCUT2D eigenvalue weighted by Gasteiger charge is -2.06. The first-order valence-electron chi connectivity index (χ1n) is 2.83. The smallest absolute Gasteiger partial charge is 0.207 e. The SMILES string of the molecule is Fc1ccc(C(F)(F)Cl)cc1. The highest BCUT2D eigenvalue weighted by Gasteiger charge is 2.27. The van der Waals surface area contributed by atoms with Gasteiger partial charge in [-0.05, 0) is 35.9 Å². The monoisotopic (exact) mass is 180 g/mol. The zero-order valence-corrected chi connectivity index (χ0v) is 6.08. The highest BCUT2D eigenvalue weighted by molar-refractivity contribution is 6.21. The van der Waals surface area contributed by atoms with Crippen LogP contribution in [-0.2, 0) is 5.38 Å². The summed E-state index contributed by atoms with van der Waals surface area (Å²) in [6, 6.07) is 3.77. The Hall–Kier alpha value is -0.700. The zero-order chi connectivity index (χ0) is 8.48. The minimum absolute atomic E-state index is 0.402. The lowest BCUT2D eigenvalue weighted by Crippen LogP contribution is -2.02. The number of benzene rings is 1. The molecule has 0 saturated carbocycles. The molecule has 0 aliphatic heterocycles. The van der Waals surface area contributed by atoms with Crippen LogP contribution in [0.25, 0.3) is 0 Å². The van der Waals surface area contributed by atoms with Crippen molar-refractivity contribution >= 4 is 11.6 Å². The van der Waals surface area contributed by atoms with Crippen molar-refractivity contribution in [2.24, 2.45) is 0 Å². The van der Waals surface area contributed by atoms with Gasteiger partial charge in [-0.2, -0.15) is 8.78 Å². The Labute approximate surface area is 66.6 Å². The molecule has 1 aromatic rings.